The molecule has 0 aliphatic carbocycles. The second kappa shape index (κ2) is 3.15. The highest BCUT2D eigenvalue weighted by Gasteiger charge is 2.14. The molecule has 10 heavy (non-hydrogen) atoms. The van der Waals surface area contributed by atoms with E-state index in [0.717, 1.165) is 4.47 Å². The van der Waals surface area contributed by atoms with E-state index in [1.54, 1.807) is 12.1 Å². The van der Waals surface area contributed by atoms with Crippen molar-refractivity contribution in [2.75, 3.05) is 0 Å². The van der Waals surface area contributed by atoms with E-state index in [1.165, 1.54) is 12.1 Å². The quantitative estimate of drug-likeness (QED) is 0.615. The largest absolute Gasteiger partial charge is 0.571 e. The SMILES string of the molecule is FB(F)c1ccc(Br)cc1. The normalized spacial score (nSPS) is 9.50. The van der Waals surface area contributed by atoms with E-state index in [-0.39, 0.29) is 5.46 Å². The van der Waals surface area contributed by atoms with Crippen molar-refractivity contribution >= 4 is 28.7 Å². The van der Waals surface area contributed by atoms with E-state index in [0.29, 0.717) is 0 Å². The van der Waals surface area contributed by atoms with E-state index in [4.69, 9.17) is 0 Å². The number of rotatable bonds is 1. The summed E-state index contributed by atoms with van der Waals surface area (Å²) in [7, 11) is -2.37. The minimum atomic E-state index is -2.37. The monoisotopic (exact) mass is 204 g/mol. The Hall–Kier alpha value is -0.375. The van der Waals surface area contributed by atoms with Gasteiger partial charge in [-0.2, -0.15) is 0 Å². The second-order valence-corrected chi connectivity index (χ2v) is 2.77. The maximum absolute atomic E-state index is 11.9. The van der Waals surface area contributed by atoms with Crippen LogP contribution in [0.5, 0.6) is 0 Å². The fourth-order valence-electron chi connectivity index (χ4n) is 0.608. The van der Waals surface area contributed by atoms with Gasteiger partial charge in [0.05, 0.1) is 0 Å². The topological polar surface area (TPSA) is 0 Å². The van der Waals surface area contributed by atoms with Crippen molar-refractivity contribution in [3.8, 4) is 0 Å². The summed E-state index contributed by atoms with van der Waals surface area (Å²) >= 11 is 3.15. The van der Waals surface area contributed by atoms with Crippen molar-refractivity contribution in [3.63, 3.8) is 0 Å². The molecule has 0 bridgehead atoms. The molecule has 1 aromatic rings. The number of hydrogen-bond acceptors (Lipinski definition) is 0. The van der Waals surface area contributed by atoms with Gasteiger partial charge in [-0.25, -0.2) is 0 Å². The summed E-state index contributed by atoms with van der Waals surface area (Å²) in [5.41, 5.74) is 0.0585. The lowest BCUT2D eigenvalue weighted by Crippen LogP contribution is -2.19. The molecular weight excluding hydrogens is 201 g/mol. The Morgan fingerprint density at radius 1 is 1.10 bits per heavy atom. The Balaban J connectivity index is 2.89. The molecule has 52 valence electrons. The zero-order valence-corrected chi connectivity index (χ0v) is 6.61. The fourth-order valence-corrected chi connectivity index (χ4v) is 0.873. The van der Waals surface area contributed by atoms with E-state index in [9.17, 15) is 8.63 Å². The lowest BCUT2D eigenvalue weighted by atomic mass is 9.86. The average Bonchev–Trinajstić information content (AvgIpc) is 1.88. The van der Waals surface area contributed by atoms with Gasteiger partial charge in [0.25, 0.3) is 0 Å². The summed E-state index contributed by atoms with van der Waals surface area (Å²) < 4.78 is 24.6. The predicted molar refractivity (Wildman–Crippen MR) is 41.7 cm³/mol. The Kier molecular flexibility index (Phi) is 2.43. The van der Waals surface area contributed by atoms with Gasteiger partial charge in [-0.3, -0.25) is 8.63 Å². The molecule has 0 spiro atoms. The van der Waals surface area contributed by atoms with E-state index in [1.807, 2.05) is 0 Å². The van der Waals surface area contributed by atoms with Gasteiger partial charge >= 0.3 is 7.27 Å². The first-order valence-corrected chi connectivity index (χ1v) is 3.53. The third-order valence-electron chi connectivity index (χ3n) is 1.12. The Morgan fingerprint density at radius 2 is 1.60 bits per heavy atom. The molecule has 1 rings (SSSR count). The van der Waals surface area contributed by atoms with Crippen molar-refractivity contribution in [1.29, 1.82) is 0 Å². The molecular formula is C6H4BBrF2. The molecule has 0 saturated carbocycles. The maximum atomic E-state index is 11.9. The van der Waals surface area contributed by atoms with Crippen molar-refractivity contribution in [2.24, 2.45) is 0 Å². The molecule has 0 fully saturated rings. The molecule has 0 N–H and O–H groups in total. The summed E-state index contributed by atoms with van der Waals surface area (Å²) in [4.78, 5) is 0. The lowest BCUT2D eigenvalue weighted by molar-refractivity contribution is 0.685. The van der Waals surface area contributed by atoms with Gasteiger partial charge in [-0.05, 0) is 17.6 Å². The van der Waals surface area contributed by atoms with Gasteiger partial charge in [0.1, 0.15) is 0 Å². The average molecular weight is 205 g/mol. The first-order chi connectivity index (χ1) is 4.70. The number of halogens is 3. The van der Waals surface area contributed by atoms with Crippen molar-refractivity contribution in [3.05, 3.63) is 28.7 Å². The molecule has 0 amide bonds. The molecule has 0 unspecified atom stereocenters. The van der Waals surface area contributed by atoms with Crippen LogP contribution in [0.4, 0.5) is 8.63 Å². The van der Waals surface area contributed by atoms with E-state index in [2.05, 4.69) is 15.9 Å². The Labute approximate surface area is 66.6 Å². The first-order valence-electron chi connectivity index (χ1n) is 2.74. The summed E-state index contributed by atoms with van der Waals surface area (Å²) in [6, 6.07) is 5.99. The van der Waals surface area contributed by atoms with Crippen LogP contribution in [0, 0.1) is 0 Å². The minimum absolute atomic E-state index is 0.0585. The van der Waals surface area contributed by atoms with Crippen LogP contribution in [-0.2, 0) is 0 Å². The van der Waals surface area contributed by atoms with Crippen molar-refractivity contribution in [2.45, 2.75) is 0 Å². The molecule has 0 atom stereocenters. The van der Waals surface area contributed by atoms with Gasteiger partial charge in [-0.1, -0.05) is 28.1 Å². The molecule has 0 aromatic heterocycles. The summed E-state index contributed by atoms with van der Waals surface area (Å²) in [5, 5.41) is 0. The van der Waals surface area contributed by atoms with Crippen molar-refractivity contribution < 1.29 is 8.63 Å². The van der Waals surface area contributed by atoms with Crippen LogP contribution < -0.4 is 5.46 Å². The van der Waals surface area contributed by atoms with Crippen molar-refractivity contribution in [1.82, 2.24) is 0 Å². The van der Waals surface area contributed by atoms with Gasteiger partial charge in [0.15, 0.2) is 0 Å². The smallest absolute Gasteiger partial charge is 0.281 e. The summed E-state index contributed by atoms with van der Waals surface area (Å²) in [6.45, 7) is 0. The fraction of sp³-hybridized carbons (Fsp3) is 0. The molecule has 0 saturated heterocycles. The zero-order valence-electron chi connectivity index (χ0n) is 5.02. The predicted octanol–water partition coefficient (Wildman–Crippen LogP) is 2.08. The standard InChI is InChI=1S/C6H4BBrF2/c8-6-3-1-5(2-4-6)7(9)10/h1-4H. The van der Waals surface area contributed by atoms with Gasteiger partial charge in [0.2, 0.25) is 0 Å². The van der Waals surface area contributed by atoms with Crippen LogP contribution in [0.25, 0.3) is 0 Å². The maximum Gasteiger partial charge on any atom is 0.571 e. The molecule has 0 heterocycles. The summed E-state index contributed by atoms with van der Waals surface area (Å²) in [6.07, 6.45) is 0. The summed E-state index contributed by atoms with van der Waals surface area (Å²) in [5.74, 6) is 0. The van der Waals surface area contributed by atoms with E-state index < -0.39 is 7.27 Å². The van der Waals surface area contributed by atoms with Crippen LogP contribution in [0.15, 0.2) is 28.7 Å². The lowest BCUT2D eigenvalue weighted by Gasteiger charge is -1.93. The Bertz CT molecular complexity index is 209. The zero-order chi connectivity index (χ0) is 7.56. The van der Waals surface area contributed by atoms with Gasteiger partial charge < -0.3 is 0 Å². The van der Waals surface area contributed by atoms with Crippen LogP contribution in [0.1, 0.15) is 0 Å². The molecule has 0 nitrogen and oxygen atoms in total. The van der Waals surface area contributed by atoms with Crippen LogP contribution in [0.3, 0.4) is 0 Å². The van der Waals surface area contributed by atoms with Crippen LogP contribution in [-0.4, -0.2) is 7.27 Å². The van der Waals surface area contributed by atoms with Crippen LogP contribution >= 0.6 is 15.9 Å². The van der Waals surface area contributed by atoms with E-state index >= 15 is 0 Å². The highest BCUT2D eigenvalue weighted by Crippen LogP contribution is 2.06. The van der Waals surface area contributed by atoms with Gasteiger partial charge in [-0.15, -0.1) is 0 Å². The number of hydrogen-bond donors (Lipinski definition) is 0. The number of benzene rings is 1. The third-order valence-corrected chi connectivity index (χ3v) is 1.65. The second-order valence-electron chi connectivity index (χ2n) is 1.85. The first kappa shape index (κ1) is 7.73. The Morgan fingerprint density at radius 3 is 2.00 bits per heavy atom. The highest BCUT2D eigenvalue weighted by molar-refractivity contribution is 9.10. The molecule has 0 radical (unpaired) electrons. The molecule has 0 aliphatic rings. The highest BCUT2D eigenvalue weighted by atomic mass is 79.9. The minimum Gasteiger partial charge on any atom is -0.281 e. The van der Waals surface area contributed by atoms with Crippen LogP contribution in [0.2, 0.25) is 0 Å². The third kappa shape index (κ3) is 1.80. The molecule has 1 aromatic carbocycles. The molecule has 0 aliphatic heterocycles. The van der Waals surface area contributed by atoms with Gasteiger partial charge in [0, 0.05) is 4.47 Å². The molecule has 4 heteroatoms.